The van der Waals surface area contributed by atoms with Crippen LogP contribution in [0.25, 0.3) is 0 Å². The summed E-state index contributed by atoms with van der Waals surface area (Å²) in [6, 6.07) is 2.00. The largest absolute Gasteiger partial charge is 0.496 e. The number of anilines is 1. The molecule has 7 nitrogen and oxygen atoms in total. The second-order valence-electron chi connectivity index (χ2n) is 5.88. The maximum absolute atomic E-state index is 12.8. The minimum absolute atomic E-state index is 0.0128. The normalized spacial score (nSPS) is 20.0. The molecule has 2 rings (SSSR count). The van der Waals surface area contributed by atoms with E-state index in [0.717, 1.165) is 19.0 Å². The molecule has 140 valence electrons. The van der Waals surface area contributed by atoms with Crippen LogP contribution in [0.3, 0.4) is 0 Å². The molecule has 1 aliphatic rings. The molecule has 0 aliphatic carbocycles. The van der Waals surface area contributed by atoms with Crippen molar-refractivity contribution in [2.75, 3.05) is 38.2 Å². The molecule has 1 heterocycles. The lowest BCUT2D eigenvalue weighted by Crippen LogP contribution is -2.40. The van der Waals surface area contributed by atoms with Gasteiger partial charge in [0, 0.05) is 18.6 Å². The number of likely N-dealkylation sites (N-methyl/N-ethyl adjacent to an activating group) is 1. The average molecular weight is 371 g/mol. The first-order chi connectivity index (χ1) is 12.6. The van der Waals surface area contributed by atoms with Gasteiger partial charge in [0.25, 0.3) is 5.91 Å². The number of carbonyl (C=O) groups excluding carboxylic acids is 1. The van der Waals surface area contributed by atoms with Gasteiger partial charge in [0.1, 0.15) is 5.75 Å². The summed E-state index contributed by atoms with van der Waals surface area (Å²) >= 11 is 0. The summed E-state index contributed by atoms with van der Waals surface area (Å²) < 4.78 is 46.3. The Labute approximate surface area is 152 Å². The lowest BCUT2D eigenvalue weighted by atomic mass is 10.1. The van der Waals surface area contributed by atoms with Gasteiger partial charge in [-0.3, -0.25) is 9.69 Å². The molecule has 1 aromatic carbocycles. The van der Waals surface area contributed by atoms with E-state index in [0.29, 0.717) is 13.0 Å². The van der Waals surface area contributed by atoms with Crippen molar-refractivity contribution >= 4 is 21.4 Å². The maximum atomic E-state index is 12.8. The van der Waals surface area contributed by atoms with Crippen molar-refractivity contribution in [2.45, 2.75) is 37.6 Å². The molecule has 1 atom stereocenters. The van der Waals surface area contributed by atoms with Gasteiger partial charge in [-0.25, -0.2) is 8.42 Å². The first kappa shape index (κ1) is 16.7. The van der Waals surface area contributed by atoms with Crippen LogP contribution >= 0.6 is 0 Å². The van der Waals surface area contributed by atoms with Crippen molar-refractivity contribution in [3.8, 4) is 5.75 Å². The van der Waals surface area contributed by atoms with Crippen LogP contribution in [0.1, 0.15) is 39.8 Å². The first-order valence-corrected chi connectivity index (χ1v) is 9.99. The van der Waals surface area contributed by atoms with Crippen LogP contribution in [0.5, 0.6) is 5.75 Å². The number of carbonyl (C=O) groups is 1. The Kier molecular flexibility index (Phi) is 5.37. The van der Waals surface area contributed by atoms with Crippen LogP contribution in [0.15, 0.2) is 17.0 Å². The van der Waals surface area contributed by atoms with Crippen molar-refractivity contribution in [3.05, 3.63) is 17.7 Å². The van der Waals surface area contributed by atoms with Gasteiger partial charge in [-0.1, -0.05) is 13.8 Å². The fraction of sp³-hybridized carbons (Fsp3) is 0.588. The Morgan fingerprint density at radius 1 is 1.48 bits per heavy atom. The predicted octanol–water partition coefficient (Wildman–Crippen LogP) is 1.29. The third-order valence-electron chi connectivity index (χ3n) is 4.41. The number of amides is 1. The number of sulfone groups is 1. The van der Waals surface area contributed by atoms with Crippen LogP contribution in [-0.2, 0) is 9.84 Å². The van der Waals surface area contributed by atoms with E-state index in [1.807, 2.05) is 11.8 Å². The predicted molar refractivity (Wildman–Crippen MR) is 97.7 cm³/mol. The van der Waals surface area contributed by atoms with E-state index in [4.69, 9.17) is 13.2 Å². The Morgan fingerprint density at radius 2 is 2.20 bits per heavy atom. The van der Waals surface area contributed by atoms with Gasteiger partial charge in [0.05, 0.1) is 31.8 Å². The van der Waals surface area contributed by atoms with Gasteiger partial charge in [-0.15, -0.1) is 0 Å². The second kappa shape index (κ2) is 8.05. The number of nitrogens with zero attached hydrogens (tertiary/aromatic N) is 1. The van der Waals surface area contributed by atoms with Crippen LogP contribution < -0.4 is 15.8 Å². The average Bonchev–Trinajstić information content (AvgIpc) is 3.10. The molecular weight excluding hydrogens is 342 g/mol. The number of nitrogens with one attached hydrogen (secondary N) is 1. The number of hydrogen-bond acceptors (Lipinski definition) is 6. The molecule has 25 heavy (non-hydrogen) atoms. The van der Waals surface area contributed by atoms with E-state index in [-0.39, 0.29) is 27.6 Å². The zero-order valence-corrected chi connectivity index (χ0v) is 15.6. The number of methoxy groups -OCH3 is 1. The Morgan fingerprint density at radius 3 is 2.80 bits per heavy atom. The summed E-state index contributed by atoms with van der Waals surface area (Å²) in [4.78, 5) is 14.6. The molecule has 1 unspecified atom stereocenters. The molecule has 1 fully saturated rings. The summed E-state index contributed by atoms with van der Waals surface area (Å²) in [5.74, 6) is -0.819. The molecule has 0 bridgehead atoms. The molecule has 1 aliphatic heterocycles. The number of rotatable bonds is 7. The van der Waals surface area contributed by atoms with Crippen LogP contribution in [0, 0.1) is 0 Å². The fourth-order valence-corrected chi connectivity index (χ4v) is 3.96. The zero-order chi connectivity index (χ0) is 20.4. The van der Waals surface area contributed by atoms with Gasteiger partial charge >= 0.3 is 0 Å². The summed E-state index contributed by atoms with van der Waals surface area (Å²) in [6.45, 7) is 2.92. The van der Waals surface area contributed by atoms with E-state index in [2.05, 4.69) is 5.32 Å². The first-order valence-electron chi connectivity index (χ1n) is 9.34. The number of nitrogen functional groups attached to an aromatic ring is 1. The van der Waals surface area contributed by atoms with Gasteiger partial charge in [0.15, 0.2) is 9.84 Å². The van der Waals surface area contributed by atoms with Crippen molar-refractivity contribution in [1.82, 2.24) is 10.2 Å². The molecular formula is C17H27N3O4S. The molecule has 1 aromatic rings. The minimum atomic E-state index is -3.64. The molecule has 3 N–H and O–H groups in total. The fourth-order valence-electron chi connectivity index (χ4n) is 2.93. The Hall–Kier alpha value is -1.80. The van der Waals surface area contributed by atoms with Crippen molar-refractivity contribution < 1.29 is 20.7 Å². The molecule has 0 saturated carbocycles. The van der Waals surface area contributed by atoms with Crippen LogP contribution in [0.2, 0.25) is 0 Å². The van der Waals surface area contributed by atoms with Crippen molar-refractivity contribution in [2.24, 2.45) is 0 Å². The van der Waals surface area contributed by atoms with Gasteiger partial charge < -0.3 is 15.8 Å². The summed E-state index contributed by atoms with van der Waals surface area (Å²) in [5, 5.41) is 2.41. The highest BCUT2D eigenvalue weighted by Crippen LogP contribution is 2.29. The Bertz CT molecular complexity index is 815. The summed E-state index contributed by atoms with van der Waals surface area (Å²) in [7, 11) is -2.31. The lowest BCUT2D eigenvalue weighted by Gasteiger charge is -2.23. The quantitative estimate of drug-likeness (QED) is 0.700. The molecule has 8 heteroatoms. The number of benzene rings is 1. The monoisotopic (exact) mass is 371 g/mol. The SMILES string of the molecule is [2H]C([2H])(NC(=O)c1cc(S(=O)(=O)CC)c(N)cc1OC)C1CCCN1CC. The smallest absolute Gasteiger partial charge is 0.255 e. The van der Waals surface area contributed by atoms with Gasteiger partial charge in [-0.2, -0.15) is 0 Å². The van der Waals surface area contributed by atoms with Crippen LogP contribution in [0.4, 0.5) is 5.69 Å². The number of hydrogen-bond donors (Lipinski definition) is 2. The van der Waals surface area contributed by atoms with E-state index < -0.39 is 28.3 Å². The number of nitrogens with two attached hydrogens (primary N) is 1. The summed E-state index contributed by atoms with van der Waals surface area (Å²) in [5.41, 5.74) is 5.74. The van der Waals surface area contributed by atoms with E-state index >= 15 is 0 Å². The number of likely N-dealkylation sites (tertiary alicyclic amines) is 1. The maximum Gasteiger partial charge on any atom is 0.255 e. The molecule has 0 radical (unpaired) electrons. The molecule has 0 aromatic heterocycles. The second-order valence-corrected chi connectivity index (χ2v) is 8.13. The van der Waals surface area contributed by atoms with E-state index in [1.165, 1.54) is 20.1 Å². The van der Waals surface area contributed by atoms with Crippen molar-refractivity contribution in [1.29, 1.82) is 0 Å². The van der Waals surface area contributed by atoms with Crippen molar-refractivity contribution in [3.63, 3.8) is 0 Å². The standard InChI is InChI=1S/C17H27N3O4S/c1-4-20-8-6-7-12(20)11-19-17(21)13-9-16(25(22,23)5-2)14(18)10-15(13)24-3/h9-10,12H,4-8,11,18H2,1-3H3,(H,19,21)/i11D2. The highest BCUT2D eigenvalue weighted by Gasteiger charge is 2.25. The highest BCUT2D eigenvalue weighted by molar-refractivity contribution is 7.91. The minimum Gasteiger partial charge on any atom is -0.496 e. The van der Waals surface area contributed by atoms with Crippen LogP contribution in [-0.4, -0.2) is 57.7 Å². The Balaban J connectivity index is 2.39. The topological polar surface area (TPSA) is 102 Å². The highest BCUT2D eigenvalue weighted by atomic mass is 32.2. The lowest BCUT2D eigenvalue weighted by molar-refractivity contribution is 0.0938. The van der Waals surface area contributed by atoms with Gasteiger partial charge in [0.2, 0.25) is 0 Å². The number of ether oxygens (including phenoxy) is 1. The molecule has 1 saturated heterocycles. The third kappa shape index (κ3) is 4.24. The molecule has 1 amide bonds. The van der Waals surface area contributed by atoms with E-state index in [9.17, 15) is 13.2 Å². The van der Waals surface area contributed by atoms with E-state index in [1.54, 1.807) is 0 Å². The molecule has 0 spiro atoms. The third-order valence-corrected chi connectivity index (χ3v) is 6.20. The summed E-state index contributed by atoms with van der Waals surface area (Å²) in [6.07, 6.45) is 1.49. The van der Waals surface area contributed by atoms with Gasteiger partial charge in [-0.05, 0) is 32.0 Å². The zero-order valence-electron chi connectivity index (χ0n) is 16.8.